The normalized spacial score (nSPS) is 13.5. The second-order valence-electron chi connectivity index (χ2n) is 9.73. The van der Waals surface area contributed by atoms with Gasteiger partial charge in [0.1, 0.15) is 0 Å². The third kappa shape index (κ3) is 5.51. The van der Waals surface area contributed by atoms with Gasteiger partial charge in [-0.25, -0.2) is 0 Å². The van der Waals surface area contributed by atoms with Gasteiger partial charge in [-0.2, -0.15) is 5.10 Å². The molecule has 2 heterocycles. The average molecular weight is 541 g/mol. The van der Waals surface area contributed by atoms with Crippen LogP contribution in [0.2, 0.25) is 0 Å². The van der Waals surface area contributed by atoms with Gasteiger partial charge in [-0.3, -0.25) is 35.2 Å². The summed E-state index contributed by atoms with van der Waals surface area (Å²) in [5.74, 6) is -0.806. The number of H-pyrrole nitrogens is 1. The Kier molecular flexibility index (Phi) is 7.38. The predicted molar refractivity (Wildman–Crippen MR) is 152 cm³/mol. The highest BCUT2D eigenvalue weighted by Gasteiger charge is 2.36. The summed E-state index contributed by atoms with van der Waals surface area (Å²) in [6, 6.07) is 21.4. The summed E-state index contributed by atoms with van der Waals surface area (Å²) in [5.41, 5.74) is 9.37. The van der Waals surface area contributed by atoms with Gasteiger partial charge in [0.05, 0.1) is 22.7 Å². The van der Waals surface area contributed by atoms with Crippen molar-refractivity contribution in [3.8, 4) is 0 Å². The lowest BCUT2D eigenvalue weighted by molar-refractivity contribution is 0.0641. The number of carbonyl (C=O) groups is 3. The van der Waals surface area contributed by atoms with Crippen LogP contribution in [0.3, 0.4) is 0 Å². The van der Waals surface area contributed by atoms with E-state index in [1.165, 1.54) is 4.90 Å². The third-order valence-electron chi connectivity index (χ3n) is 6.65. The highest BCUT2D eigenvalue weighted by Crippen LogP contribution is 2.24. The van der Waals surface area contributed by atoms with Crippen molar-refractivity contribution < 1.29 is 14.4 Å². The number of benzene rings is 3. The van der Waals surface area contributed by atoms with Crippen LogP contribution < -0.4 is 16.2 Å². The average Bonchev–Trinajstić information content (AvgIpc) is 3.47. The van der Waals surface area contributed by atoms with Gasteiger partial charge >= 0.3 is 0 Å². The Morgan fingerprint density at radius 2 is 1.62 bits per heavy atom. The molecule has 5 rings (SSSR count). The lowest BCUT2D eigenvalue weighted by Gasteiger charge is -2.25. The number of hydrogen-bond acceptors (Lipinski definition) is 5. The van der Waals surface area contributed by atoms with Gasteiger partial charge in [-0.15, -0.1) is 0 Å². The van der Waals surface area contributed by atoms with E-state index in [1.54, 1.807) is 42.5 Å². The lowest BCUT2D eigenvalue weighted by atomic mass is 10.0. The van der Waals surface area contributed by atoms with Crippen LogP contribution in [0.15, 0.2) is 72.8 Å². The van der Waals surface area contributed by atoms with Crippen LogP contribution in [0.4, 0.5) is 0 Å². The fraction of sp³-hybridized carbons (Fsp3) is 0.207. The molecule has 0 spiro atoms. The second kappa shape index (κ2) is 11.0. The molecule has 4 aromatic rings. The number of nitrogens with zero attached hydrogens (tertiary/aromatic N) is 2. The number of aromatic amines is 1. The van der Waals surface area contributed by atoms with E-state index >= 15 is 0 Å². The maximum Gasteiger partial charge on any atom is 0.269 e. The highest BCUT2D eigenvalue weighted by atomic mass is 32.1. The molecule has 3 aromatic carbocycles. The Bertz CT molecular complexity index is 1530. The van der Waals surface area contributed by atoms with Gasteiger partial charge in [0, 0.05) is 23.2 Å². The van der Waals surface area contributed by atoms with E-state index in [1.807, 2.05) is 30.3 Å². The zero-order chi connectivity index (χ0) is 27.5. The van der Waals surface area contributed by atoms with Gasteiger partial charge < -0.3 is 5.32 Å². The van der Waals surface area contributed by atoms with Crippen LogP contribution in [0.1, 0.15) is 62.1 Å². The van der Waals surface area contributed by atoms with Crippen LogP contribution in [0.25, 0.3) is 10.9 Å². The van der Waals surface area contributed by atoms with E-state index in [0.29, 0.717) is 23.1 Å². The van der Waals surface area contributed by atoms with Crippen molar-refractivity contribution in [2.24, 2.45) is 0 Å². The van der Waals surface area contributed by atoms with Crippen molar-refractivity contribution in [2.75, 3.05) is 6.54 Å². The summed E-state index contributed by atoms with van der Waals surface area (Å²) < 4.78 is 0. The molecule has 0 saturated heterocycles. The number of carbonyl (C=O) groups excluding carboxylic acids is 3. The van der Waals surface area contributed by atoms with E-state index in [9.17, 15) is 14.4 Å². The number of imide groups is 1. The highest BCUT2D eigenvalue weighted by molar-refractivity contribution is 7.80. The molecule has 0 aliphatic carbocycles. The number of nitrogens with one attached hydrogen (secondary N) is 4. The van der Waals surface area contributed by atoms with Gasteiger partial charge in [0.2, 0.25) is 0 Å². The monoisotopic (exact) mass is 540 g/mol. The zero-order valence-electron chi connectivity index (χ0n) is 21.5. The second-order valence-corrected chi connectivity index (χ2v) is 10.1. The maximum absolute atomic E-state index is 13.0. The molecule has 1 atom stereocenters. The molecule has 10 heteroatoms. The molecule has 1 aromatic heterocycles. The van der Waals surface area contributed by atoms with Crippen LogP contribution >= 0.6 is 12.2 Å². The number of fused-ring (bicyclic) bond motifs is 2. The molecule has 0 radical (unpaired) electrons. The van der Waals surface area contributed by atoms with Crippen LogP contribution in [-0.4, -0.2) is 50.5 Å². The molecule has 4 N–H and O–H groups in total. The van der Waals surface area contributed by atoms with Gasteiger partial charge in [0.25, 0.3) is 17.7 Å². The van der Waals surface area contributed by atoms with Crippen LogP contribution in [-0.2, 0) is 6.42 Å². The summed E-state index contributed by atoms with van der Waals surface area (Å²) in [7, 11) is 0. The lowest BCUT2D eigenvalue weighted by Crippen LogP contribution is -2.53. The number of rotatable bonds is 7. The van der Waals surface area contributed by atoms with Gasteiger partial charge in [-0.1, -0.05) is 56.3 Å². The quantitative estimate of drug-likeness (QED) is 0.160. The van der Waals surface area contributed by atoms with Crippen molar-refractivity contribution in [1.82, 2.24) is 31.3 Å². The molecule has 0 unspecified atom stereocenters. The fourth-order valence-electron chi connectivity index (χ4n) is 4.70. The van der Waals surface area contributed by atoms with Crippen molar-refractivity contribution >= 4 is 46.0 Å². The third-order valence-corrected chi connectivity index (χ3v) is 6.87. The summed E-state index contributed by atoms with van der Waals surface area (Å²) in [4.78, 5) is 40.0. The van der Waals surface area contributed by atoms with Crippen molar-refractivity contribution in [3.05, 3.63) is 101 Å². The minimum Gasteiger partial charge on any atom is -0.356 e. The van der Waals surface area contributed by atoms with E-state index in [-0.39, 0.29) is 35.3 Å². The van der Waals surface area contributed by atoms with E-state index in [0.717, 1.165) is 22.2 Å². The first-order valence-corrected chi connectivity index (χ1v) is 13.1. The molecule has 0 saturated carbocycles. The van der Waals surface area contributed by atoms with Crippen LogP contribution in [0, 0.1) is 0 Å². The Balaban J connectivity index is 1.26. The molecule has 0 bridgehead atoms. The molecule has 1 aliphatic rings. The first-order chi connectivity index (χ1) is 18.8. The Hall–Kier alpha value is -4.57. The molecule has 1 aliphatic heterocycles. The van der Waals surface area contributed by atoms with Crippen molar-refractivity contribution in [3.63, 3.8) is 0 Å². The fourth-order valence-corrected chi connectivity index (χ4v) is 4.92. The minimum atomic E-state index is -0.401. The molecule has 198 valence electrons. The summed E-state index contributed by atoms with van der Waals surface area (Å²) in [5, 5.41) is 11.5. The Morgan fingerprint density at radius 1 is 0.949 bits per heavy atom. The SMILES string of the molecule is CC(C)c1[nH]nc2ccc(C(=O)NNC(=S)N[C@H](Cc3ccccc3)CN3C(=O)c4ccccc4C3=O)cc12. The molecule has 9 nitrogen and oxygen atoms in total. The number of aromatic nitrogens is 2. The molecule has 0 fully saturated rings. The number of hydrazine groups is 1. The topological polar surface area (TPSA) is 119 Å². The first-order valence-electron chi connectivity index (χ1n) is 12.7. The number of hydrogen-bond donors (Lipinski definition) is 4. The standard InChI is InChI=1S/C29H28N6O3S/c1-17(2)25-23-15-19(12-13-24(23)31-32-25)26(36)33-34-29(39)30-20(14-18-8-4-3-5-9-18)16-35-27(37)21-10-6-7-11-22(21)28(35)38/h3-13,15,17,20H,14,16H2,1-2H3,(H,31,32)(H,33,36)(H2,30,34,39)/t20-/m1/s1. The van der Waals surface area contributed by atoms with Crippen LogP contribution in [0.5, 0.6) is 0 Å². The first kappa shape index (κ1) is 26.1. The molecule has 39 heavy (non-hydrogen) atoms. The summed E-state index contributed by atoms with van der Waals surface area (Å²) >= 11 is 5.46. The zero-order valence-corrected chi connectivity index (χ0v) is 22.3. The molecule has 3 amide bonds. The smallest absolute Gasteiger partial charge is 0.269 e. The van der Waals surface area contributed by atoms with E-state index in [4.69, 9.17) is 12.2 Å². The van der Waals surface area contributed by atoms with E-state index < -0.39 is 6.04 Å². The Morgan fingerprint density at radius 3 is 2.28 bits per heavy atom. The summed E-state index contributed by atoms with van der Waals surface area (Å²) in [6.07, 6.45) is 0.499. The predicted octanol–water partition coefficient (Wildman–Crippen LogP) is 3.70. The largest absolute Gasteiger partial charge is 0.356 e. The molecular formula is C29H28N6O3S. The molecular weight excluding hydrogens is 512 g/mol. The summed E-state index contributed by atoms with van der Waals surface area (Å²) in [6.45, 7) is 4.21. The van der Waals surface area contributed by atoms with Crippen molar-refractivity contribution in [2.45, 2.75) is 32.2 Å². The minimum absolute atomic E-state index is 0.103. The van der Waals surface area contributed by atoms with Crippen molar-refractivity contribution in [1.29, 1.82) is 0 Å². The van der Waals surface area contributed by atoms with E-state index in [2.05, 4.69) is 40.2 Å². The number of amides is 3. The van der Waals surface area contributed by atoms with Gasteiger partial charge in [-0.05, 0) is 60.5 Å². The van der Waals surface area contributed by atoms with Gasteiger partial charge in [0.15, 0.2) is 5.11 Å². The maximum atomic E-state index is 13.0. The Labute approximate surface area is 230 Å². The number of thiocarbonyl (C=S) groups is 1.